The van der Waals surface area contributed by atoms with E-state index in [0.29, 0.717) is 12.3 Å². The summed E-state index contributed by atoms with van der Waals surface area (Å²) < 4.78 is 10.5. The zero-order valence-electron chi connectivity index (χ0n) is 11.4. The Morgan fingerprint density at radius 2 is 2.06 bits per heavy atom. The van der Waals surface area contributed by atoms with E-state index >= 15 is 0 Å². The summed E-state index contributed by atoms with van der Waals surface area (Å²) in [5.41, 5.74) is 7.56. The summed E-state index contributed by atoms with van der Waals surface area (Å²) in [5, 5.41) is 3.37. The highest BCUT2D eigenvalue weighted by molar-refractivity contribution is 5.61. The number of unbranched alkanes of at least 4 members (excludes halogenated alkanes) is 2. The van der Waals surface area contributed by atoms with E-state index in [2.05, 4.69) is 5.32 Å². The van der Waals surface area contributed by atoms with Crippen LogP contribution in [0, 0.1) is 0 Å². The lowest BCUT2D eigenvalue weighted by atomic mass is 10.2. The zero-order chi connectivity index (χ0) is 13.2. The van der Waals surface area contributed by atoms with Crippen LogP contribution in [0.15, 0.2) is 18.2 Å². The second-order valence-corrected chi connectivity index (χ2v) is 4.17. The lowest BCUT2D eigenvalue weighted by Gasteiger charge is -2.11. The SMILES string of the molecule is CCOc1cc(NCCCCCOC)ccc1N. The summed E-state index contributed by atoms with van der Waals surface area (Å²) in [6.07, 6.45) is 3.43. The molecule has 0 aliphatic rings. The van der Waals surface area contributed by atoms with Crippen molar-refractivity contribution in [2.75, 3.05) is 37.9 Å². The predicted molar refractivity (Wildman–Crippen MR) is 76.2 cm³/mol. The number of hydrogen-bond acceptors (Lipinski definition) is 4. The van der Waals surface area contributed by atoms with Crippen LogP contribution in [0.5, 0.6) is 5.75 Å². The van der Waals surface area contributed by atoms with Gasteiger partial charge in [0.15, 0.2) is 0 Å². The monoisotopic (exact) mass is 252 g/mol. The molecule has 0 saturated carbocycles. The first-order chi connectivity index (χ1) is 8.77. The summed E-state index contributed by atoms with van der Waals surface area (Å²) in [4.78, 5) is 0. The molecule has 0 spiro atoms. The minimum atomic E-state index is 0.630. The van der Waals surface area contributed by atoms with Crippen LogP contribution in [0.1, 0.15) is 26.2 Å². The fraction of sp³-hybridized carbons (Fsp3) is 0.571. The van der Waals surface area contributed by atoms with Crippen molar-refractivity contribution < 1.29 is 9.47 Å². The van der Waals surface area contributed by atoms with E-state index in [9.17, 15) is 0 Å². The zero-order valence-corrected chi connectivity index (χ0v) is 11.4. The highest BCUT2D eigenvalue weighted by Crippen LogP contribution is 2.25. The van der Waals surface area contributed by atoms with E-state index in [1.165, 1.54) is 6.42 Å². The molecular formula is C14H24N2O2. The summed E-state index contributed by atoms with van der Waals surface area (Å²) in [6, 6.07) is 5.80. The number of rotatable bonds is 9. The summed E-state index contributed by atoms with van der Waals surface area (Å²) in [7, 11) is 1.74. The normalized spacial score (nSPS) is 10.3. The van der Waals surface area contributed by atoms with Gasteiger partial charge >= 0.3 is 0 Å². The minimum absolute atomic E-state index is 0.630. The van der Waals surface area contributed by atoms with Crippen LogP contribution in [-0.4, -0.2) is 26.9 Å². The fourth-order valence-corrected chi connectivity index (χ4v) is 1.71. The van der Waals surface area contributed by atoms with Crippen LogP contribution in [0.3, 0.4) is 0 Å². The van der Waals surface area contributed by atoms with Crippen molar-refractivity contribution in [3.05, 3.63) is 18.2 Å². The van der Waals surface area contributed by atoms with Gasteiger partial charge in [0.05, 0.1) is 12.3 Å². The summed E-state index contributed by atoms with van der Waals surface area (Å²) in [5.74, 6) is 0.752. The van der Waals surface area contributed by atoms with Crippen LogP contribution in [0.2, 0.25) is 0 Å². The number of hydrogen-bond donors (Lipinski definition) is 2. The first kappa shape index (κ1) is 14.6. The highest BCUT2D eigenvalue weighted by atomic mass is 16.5. The average Bonchev–Trinajstić information content (AvgIpc) is 2.37. The first-order valence-corrected chi connectivity index (χ1v) is 6.53. The van der Waals surface area contributed by atoms with E-state index in [1.807, 2.05) is 25.1 Å². The van der Waals surface area contributed by atoms with Crippen molar-refractivity contribution in [2.24, 2.45) is 0 Å². The van der Waals surface area contributed by atoms with Gasteiger partial charge in [-0.2, -0.15) is 0 Å². The molecule has 0 fully saturated rings. The third-order valence-electron chi connectivity index (χ3n) is 2.67. The van der Waals surface area contributed by atoms with Gasteiger partial charge in [-0.1, -0.05) is 0 Å². The molecule has 0 saturated heterocycles. The standard InChI is InChI=1S/C14H24N2O2/c1-3-18-14-11-12(7-8-13(14)15)16-9-5-4-6-10-17-2/h7-8,11,16H,3-6,9-10,15H2,1-2H3. The third kappa shape index (κ3) is 5.27. The molecule has 0 aliphatic heterocycles. The van der Waals surface area contributed by atoms with Gasteiger partial charge in [0.1, 0.15) is 5.75 Å². The number of nitrogens with one attached hydrogen (secondary N) is 1. The van der Waals surface area contributed by atoms with Gasteiger partial charge < -0.3 is 20.5 Å². The van der Waals surface area contributed by atoms with Crippen molar-refractivity contribution in [3.8, 4) is 5.75 Å². The molecular weight excluding hydrogens is 228 g/mol. The molecule has 1 aromatic rings. The molecule has 0 bridgehead atoms. The van der Waals surface area contributed by atoms with Crippen molar-refractivity contribution in [1.82, 2.24) is 0 Å². The maximum atomic E-state index is 5.82. The maximum Gasteiger partial charge on any atom is 0.144 e. The second kappa shape index (κ2) is 8.64. The Kier molecular flexibility index (Phi) is 7.03. The summed E-state index contributed by atoms with van der Waals surface area (Å²) >= 11 is 0. The molecule has 0 heterocycles. The van der Waals surface area contributed by atoms with E-state index in [1.54, 1.807) is 7.11 Å². The number of methoxy groups -OCH3 is 1. The van der Waals surface area contributed by atoms with E-state index in [-0.39, 0.29) is 0 Å². The summed E-state index contributed by atoms with van der Waals surface area (Å²) in [6.45, 7) is 4.38. The molecule has 1 aromatic carbocycles. The van der Waals surface area contributed by atoms with Crippen molar-refractivity contribution in [1.29, 1.82) is 0 Å². The van der Waals surface area contributed by atoms with E-state index < -0.39 is 0 Å². The molecule has 18 heavy (non-hydrogen) atoms. The molecule has 0 unspecified atom stereocenters. The van der Waals surface area contributed by atoms with E-state index in [4.69, 9.17) is 15.2 Å². The average molecular weight is 252 g/mol. The maximum absolute atomic E-state index is 5.82. The van der Waals surface area contributed by atoms with Gasteiger partial charge in [0, 0.05) is 32.0 Å². The second-order valence-electron chi connectivity index (χ2n) is 4.17. The van der Waals surface area contributed by atoms with Gasteiger partial charge in [-0.25, -0.2) is 0 Å². The molecule has 0 aliphatic carbocycles. The first-order valence-electron chi connectivity index (χ1n) is 6.53. The van der Waals surface area contributed by atoms with Gasteiger partial charge in [-0.3, -0.25) is 0 Å². The Balaban J connectivity index is 2.31. The van der Waals surface area contributed by atoms with Crippen LogP contribution >= 0.6 is 0 Å². The predicted octanol–water partition coefficient (Wildman–Crippen LogP) is 2.90. The van der Waals surface area contributed by atoms with Gasteiger partial charge in [-0.15, -0.1) is 0 Å². The molecule has 1 rings (SSSR count). The van der Waals surface area contributed by atoms with Crippen molar-refractivity contribution in [3.63, 3.8) is 0 Å². The van der Waals surface area contributed by atoms with Crippen LogP contribution in [0.25, 0.3) is 0 Å². The Morgan fingerprint density at radius 1 is 1.22 bits per heavy atom. The highest BCUT2D eigenvalue weighted by Gasteiger charge is 2.01. The van der Waals surface area contributed by atoms with Crippen LogP contribution in [-0.2, 0) is 4.74 Å². The Morgan fingerprint density at radius 3 is 2.78 bits per heavy atom. The molecule has 3 N–H and O–H groups in total. The molecule has 102 valence electrons. The van der Waals surface area contributed by atoms with Gasteiger partial charge in [-0.05, 0) is 38.3 Å². The van der Waals surface area contributed by atoms with Crippen LogP contribution < -0.4 is 15.8 Å². The Bertz CT molecular complexity index is 343. The van der Waals surface area contributed by atoms with Gasteiger partial charge in [0.25, 0.3) is 0 Å². The molecule has 0 aromatic heterocycles. The Hall–Kier alpha value is -1.42. The number of nitrogen functional groups attached to an aromatic ring is 1. The number of nitrogens with two attached hydrogens (primary N) is 1. The van der Waals surface area contributed by atoms with Crippen molar-refractivity contribution >= 4 is 11.4 Å². The molecule has 0 atom stereocenters. The fourth-order valence-electron chi connectivity index (χ4n) is 1.71. The quantitative estimate of drug-likeness (QED) is 0.524. The number of benzene rings is 1. The Labute approximate surface area is 109 Å². The number of anilines is 2. The van der Waals surface area contributed by atoms with E-state index in [0.717, 1.165) is 37.4 Å². The lowest BCUT2D eigenvalue weighted by molar-refractivity contribution is 0.192. The minimum Gasteiger partial charge on any atom is -0.492 e. The largest absolute Gasteiger partial charge is 0.492 e. The topological polar surface area (TPSA) is 56.5 Å². The number of ether oxygens (including phenoxy) is 2. The molecule has 4 nitrogen and oxygen atoms in total. The van der Waals surface area contributed by atoms with Crippen LogP contribution in [0.4, 0.5) is 11.4 Å². The van der Waals surface area contributed by atoms with Crippen molar-refractivity contribution in [2.45, 2.75) is 26.2 Å². The molecule has 0 amide bonds. The molecule has 4 heteroatoms. The third-order valence-corrected chi connectivity index (χ3v) is 2.67. The van der Waals surface area contributed by atoms with Gasteiger partial charge in [0.2, 0.25) is 0 Å². The smallest absolute Gasteiger partial charge is 0.144 e. The molecule has 0 radical (unpaired) electrons. The lowest BCUT2D eigenvalue weighted by Crippen LogP contribution is -2.03.